The Balaban J connectivity index is 1.94. The highest BCUT2D eigenvalue weighted by Gasteiger charge is 2.09. The molecule has 1 aromatic heterocycles. The lowest BCUT2D eigenvalue weighted by atomic mass is 10.1. The topological polar surface area (TPSA) is 74.3 Å². The molecule has 0 unspecified atom stereocenters. The minimum absolute atomic E-state index is 0.0710. The van der Waals surface area contributed by atoms with E-state index in [0.717, 1.165) is 11.1 Å². The number of likely N-dealkylation sites (N-methyl/N-ethyl adjacent to an activating group) is 1. The van der Waals surface area contributed by atoms with Crippen LogP contribution >= 0.6 is 0 Å². The second-order valence-corrected chi connectivity index (χ2v) is 6.23. The fourth-order valence-corrected chi connectivity index (χ4v) is 2.34. The van der Waals surface area contributed by atoms with Crippen molar-refractivity contribution in [3.05, 3.63) is 53.9 Å². The number of anilines is 2. The minimum atomic E-state index is -0.0897. The van der Waals surface area contributed by atoms with E-state index in [2.05, 4.69) is 15.6 Å². The quantitative estimate of drug-likeness (QED) is 0.812. The summed E-state index contributed by atoms with van der Waals surface area (Å²) in [7, 11) is 3.68. The number of nitrogens with one attached hydrogen (secondary N) is 2. The van der Waals surface area contributed by atoms with E-state index in [1.54, 1.807) is 23.4 Å². The molecule has 2 rings (SSSR count). The number of benzene rings is 1. The van der Waals surface area contributed by atoms with Gasteiger partial charge in [-0.15, -0.1) is 0 Å². The Morgan fingerprint density at radius 3 is 2.60 bits per heavy atom. The zero-order chi connectivity index (χ0) is 18.2. The molecule has 132 valence electrons. The van der Waals surface area contributed by atoms with Crippen molar-refractivity contribution < 1.29 is 9.59 Å². The Labute approximate surface area is 148 Å². The Morgan fingerprint density at radius 2 is 1.92 bits per heavy atom. The van der Waals surface area contributed by atoms with E-state index < -0.39 is 0 Å². The van der Waals surface area contributed by atoms with E-state index in [-0.39, 0.29) is 11.8 Å². The predicted octanol–water partition coefficient (Wildman–Crippen LogP) is 2.46. The van der Waals surface area contributed by atoms with Gasteiger partial charge < -0.3 is 15.5 Å². The van der Waals surface area contributed by atoms with Gasteiger partial charge in [0.2, 0.25) is 11.8 Å². The third-order valence-corrected chi connectivity index (χ3v) is 3.62. The lowest BCUT2D eigenvalue weighted by Gasteiger charge is -2.13. The number of pyridine rings is 1. The number of hydrogen-bond acceptors (Lipinski definition) is 4. The normalized spacial score (nSPS) is 10.6. The number of amides is 2. The summed E-state index contributed by atoms with van der Waals surface area (Å²) >= 11 is 0. The average molecular weight is 340 g/mol. The van der Waals surface area contributed by atoms with Gasteiger partial charge in [-0.2, -0.15) is 0 Å². The summed E-state index contributed by atoms with van der Waals surface area (Å²) in [6.45, 7) is 2.22. The standard InChI is InChI=1S/C19H24N4O2/c1-14-6-8-16(11-17(14)22-19(25)13-23(2)3)21-18(24)9-7-15-5-4-10-20-12-15/h4-6,8,10-12H,7,9,13H2,1-3H3,(H,21,24)(H,22,25). The molecule has 2 aromatic rings. The summed E-state index contributed by atoms with van der Waals surface area (Å²) in [6, 6.07) is 9.30. The molecule has 0 bridgehead atoms. The van der Waals surface area contributed by atoms with Gasteiger partial charge in [0.1, 0.15) is 0 Å². The maximum atomic E-state index is 12.1. The fraction of sp³-hybridized carbons (Fsp3) is 0.316. The molecule has 0 spiro atoms. The highest BCUT2D eigenvalue weighted by Crippen LogP contribution is 2.20. The van der Waals surface area contributed by atoms with Crippen LogP contribution in [0.5, 0.6) is 0 Å². The molecular weight excluding hydrogens is 316 g/mol. The highest BCUT2D eigenvalue weighted by molar-refractivity contribution is 5.95. The van der Waals surface area contributed by atoms with Crippen molar-refractivity contribution in [1.82, 2.24) is 9.88 Å². The average Bonchev–Trinajstić information content (AvgIpc) is 2.56. The highest BCUT2D eigenvalue weighted by atomic mass is 16.2. The smallest absolute Gasteiger partial charge is 0.238 e. The van der Waals surface area contributed by atoms with Crippen molar-refractivity contribution in [2.45, 2.75) is 19.8 Å². The lowest BCUT2D eigenvalue weighted by Crippen LogP contribution is -2.27. The summed E-state index contributed by atoms with van der Waals surface area (Å²) in [5.41, 5.74) is 3.34. The monoisotopic (exact) mass is 340 g/mol. The molecule has 2 N–H and O–H groups in total. The molecular formula is C19H24N4O2. The lowest BCUT2D eigenvalue weighted by molar-refractivity contribution is -0.117. The Kier molecular flexibility index (Phi) is 6.65. The molecule has 1 heterocycles. The van der Waals surface area contributed by atoms with Crippen LogP contribution in [0.25, 0.3) is 0 Å². The van der Waals surface area contributed by atoms with Crippen LogP contribution in [0.15, 0.2) is 42.7 Å². The molecule has 1 aromatic carbocycles. The summed E-state index contributed by atoms with van der Waals surface area (Å²) in [6.07, 6.45) is 4.49. The summed E-state index contributed by atoms with van der Waals surface area (Å²) in [5.74, 6) is -0.161. The van der Waals surface area contributed by atoms with Gasteiger partial charge in [-0.25, -0.2) is 0 Å². The van der Waals surface area contributed by atoms with Crippen LogP contribution in [0.4, 0.5) is 11.4 Å². The van der Waals surface area contributed by atoms with Crippen molar-refractivity contribution in [3.63, 3.8) is 0 Å². The van der Waals surface area contributed by atoms with E-state index in [1.165, 1.54) is 0 Å². The number of aryl methyl sites for hydroxylation is 2. The van der Waals surface area contributed by atoms with E-state index in [0.29, 0.717) is 30.8 Å². The summed E-state index contributed by atoms with van der Waals surface area (Å²) in [4.78, 5) is 29.9. The third-order valence-electron chi connectivity index (χ3n) is 3.62. The Morgan fingerprint density at radius 1 is 1.12 bits per heavy atom. The minimum Gasteiger partial charge on any atom is -0.326 e. The van der Waals surface area contributed by atoms with Crippen LogP contribution in [0, 0.1) is 6.92 Å². The van der Waals surface area contributed by atoms with Crippen molar-refractivity contribution in [3.8, 4) is 0 Å². The van der Waals surface area contributed by atoms with Crippen molar-refractivity contribution in [2.75, 3.05) is 31.3 Å². The molecule has 0 radical (unpaired) electrons. The van der Waals surface area contributed by atoms with Gasteiger partial charge in [-0.05, 0) is 56.8 Å². The van der Waals surface area contributed by atoms with Crippen LogP contribution in [0.3, 0.4) is 0 Å². The number of nitrogens with zero attached hydrogens (tertiary/aromatic N) is 2. The molecule has 25 heavy (non-hydrogen) atoms. The van der Waals surface area contributed by atoms with Crippen LogP contribution in [0.1, 0.15) is 17.5 Å². The Hall–Kier alpha value is -2.73. The van der Waals surface area contributed by atoms with Gasteiger partial charge in [0.25, 0.3) is 0 Å². The van der Waals surface area contributed by atoms with E-state index >= 15 is 0 Å². The molecule has 0 atom stereocenters. The van der Waals surface area contributed by atoms with E-state index in [9.17, 15) is 9.59 Å². The first kappa shape index (κ1) is 18.6. The SMILES string of the molecule is Cc1ccc(NC(=O)CCc2cccnc2)cc1NC(=O)CN(C)C. The zero-order valence-corrected chi connectivity index (χ0v) is 14.9. The molecule has 2 amide bonds. The maximum absolute atomic E-state index is 12.1. The maximum Gasteiger partial charge on any atom is 0.238 e. The van der Waals surface area contributed by atoms with Gasteiger partial charge in [0, 0.05) is 30.2 Å². The van der Waals surface area contributed by atoms with E-state index in [4.69, 9.17) is 0 Å². The van der Waals surface area contributed by atoms with Gasteiger partial charge in [0.15, 0.2) is 0 Å². The first-order valence-electron chi connectivity index (χ1n) is 8.18. The summed E-state index contributed by atoms with van der Waals surface area (Å²) < 4.78 is 0. The molecule has 0 aliphatic rings. The number of rotatable bonds is 7. The third kappa shape index (κ3) is 6.35. The number of hydrogen-bond donors (Lipinski definition) is 2. The molecule has 0 saturated heterocycles. The number of carbonyl (C=O) groups excluding carboxylic acids is 2. The first-order valence-corrected chi connectivity index (χ1v) is 8.18. The van der Waals surface area contributed by atoms with Gasteiger partial charge in [0.05, 0.1) is 6.54 Å². The van der Waals surface area contributed by atoms with Gasteiger partial charge in [-0.1, -0.05) is 12.1 Å². The van der Waals surface area contributed by atoms with Crippen molar-refractivity contribution >= 4 is 23.2 Å². The van der Waals surface area contributed by atoms with Gasteiger partial charge in [-0.3, -0.25) is 14.6 Å². The van der Waals surface area contributed by atoms with E-state index in [1.807, 2.05) is 45.3 Å². The molecule has 0 aliphatic heterocycles. The first-order chi connectivity index (χ1) is 11.9. The van der Waals surface area contributed by atoms with Crippen LogP contribution in [-0.4, -0.2) is 42.3 Å². The fourth-order valence-electron chi connectivity index (χ4n) is 2.34. The predicted molar refractivity (Wildman–Crippen MR) is 99.6 cm³/mol. The second kappa shape index (κ2) is 8.94. The molecule has 0 aliphatic carbocycles. The zero-order valence-electron chi connectivity index (χ0n) is 14.9. The number of aromatic nitrogens is 1. The second-order valence-electron chi connectivity index (χ2n) is 6.23. The molecule has 0 saturated carbocycles. The van der Waals surface area contributed by atoms with Crippen LogP contribution in [-0.2, 0) is 16.0 Å². The molecule has 6 heteroatoms. The number of carbonyl (C=O) groups is 2. The summed E-state index contributed by atoms with van der Waals surface area (Å²) in [5, 5.41) is 5.75. The molecule has 6 nitrogen and oxygen atoms in total. The van der Waals surface area contributed by atoms with Crippen molar-refractivity contribution in [2.24, 2.45) is 0 Å². The van der Waals surface area contributed by atoms with Gasteiger partial charge >= 0.3 is 0 Å². The molecule has 0 fully saturated rings. The van der Waals surface area contributed by atoms with Crippen molar-refractivity contribution in [1.29, 1.82) is 0 Å². The van der Waals surface area contributed by atoms with Crippen LogP contribution in [0.2, 0.25) is 0 Å². The largest absolute Gasteiger partial charge is 0.326 e. The van der Waals surface area contributed by atoms with Crippen LogP contribution < -0.4 is 10.6 Å². The Bertz CT molecular complexity index is 729.